The maximum Gasteiger partial charge on any atom is 0.319 e. The van der Waals surface area contributed by atoms with Gasteiger partial charge in [0.1, 0.15) is 12.4 Å². The average molecular weight is 420 g/mol. The lowest BCUT2D eigenvalue weighted by molar-refractivity contribution is 0.252. The van der Waals surface area contributed by atoms with Crippen molar-refractivity contribution in [2.24, 2.45) is 0 Å². The fraction of sp³-hybridized carbons (Fsp3) is 0.125. The van der Waals surface area contributed by atoms with E-state index in [9.17, 15) is 4.79 Å². The van der Waals surface area contributed by atoms with Crippen molar-refractivity contribution in [3.8, 4) is 5.75 Å². The number of hydrogen-bond donors (Lipinski definition) is 3. The van der Waals surface area contributed by atoms with Crippen LogP contribution >= 0.6 is 11.6 Å². The molecule has 0 aliphatic carbocycles. The Morgan fingerprint density at radius 3 is 2.70 bits per heavy atom. The molecule has 0 saturated carbocycles. The molecular weight excluding hydrogens is 398 g/mol. The number of nitrogens with one attached hydrogen (secondary N) is 3. The highest BCUT2D eigenvalue weighted by Gasteiger charge is 2.07. The number of halogens is 1. The van der Waals surface area contributed by atoms with Crippen molar-refractivity contribution < 1.29 is 9.53 Å². The first-order valence-corrected chi connectivity index (χ1v) is 10.1. The van der Waals surface area contributed by atoms with Crippen LogP contribution in [0.4, 0.5) is 10.5 Å². The summed E-state index contributed by atoms with van der Waals surface area (Å²) in [4.78, 5) is 15.3. The first kappa shape index (κ1) is 19.9. The third-order valence-electron chi connectivity index (χ3n) is 4.75. The molecule has 0 aliphatic heterocycles. The molecule has 0 atom stereocenters. The van der Waals surface area contributed by atoms with Gasteiger partial charge in [-0.2, -0.15) is 0 Å². The molecule has 3 aromatic carbocycles. The van der Waals surface area contributed by atoms with Crippen LogP contribution in [0, 0.1) is 0 Å². The summed E-state index contributed by atoms with van der Waals surface area (Å²) in [5, 5.41) is 7.35. The Kier molecular flexibility index (Phi) is 6.20. The molecule has 30 heavy (non-hydrogen) atoms. The van der Waals surface area contributed by atoms with E-state index in [4.69, 9.17) is 16.3 Å². The number of carbonyl (C=O) groups is 1. The minimum Gasteiger partial charge on any atom is -0.489 e. The highest BCUT2D eigenvalue weighted by Crippen LogP contribution is 2.24. The predicted molar refractivity (Wildman–Crippen MR) is 121 cm³/mol. The molecule has 2 amide bonds. The molecule has 152 valence electrons. The number of amides is 2. The van der Waals surface area contributed by atoms with Crippen LogP contribution in [-0.4, -0.2) is 17.6 Å². The first-order chi connectivity index (χ1) is 14.7. The van der Waals surface area contributed by atoms with Gasteiger partial charge >= 0.3 is 6.03 Å². The third kappa shape index (κ3) is 5.13. The molecule has 5 nitrogen and oxygen atoms in total. The van der Waals surface area contributed by atoms with Gasteiger partial charge in [0.05, 0.1) is 0 Å². The third-order valence-corrected chi connectivity index (χ3v) is 4.98. The molecule has 0 unspecified atom stereocenters. The highest BCUT2D eigenvalue weighted by atomic mass is 35.5. The van der Waals surface area contributed by atoms with E-state index in [-0.39, 0.29) is 6.03 Å². The number of aromatic amines is 1. The largest absolute Gasteiger partial charge is 0.489 e. The Morgan fingerprint density at radius 2 is 1.87 bits per heavy atom. The fourth-order valence-electron chi connectivity index (χ4n) is 3.26. The Bertz CT molecular complexity index is 1140. The second-order valence-electron chi connectivity index (χ2n) is 6.94. The second-order valence-corrected chi connectivity index (χ2v) is 7.37. The van der Waals surface area contributed by atoms with E-state index in [1.165, 1.54) is 0 Å². The second kappa shape index (κ2) is 9.37. The Labute approximate surface area is 180 Å². The van der Waals surface area contributed by atoms with Crippen LogP contribution in [0.5, 0.6) is 5.75 Å². The zero-order chi connectivity index (χ0) is 20.8. The molecule has 0 saturated heterocycles. The normalized spacial score (nSPS) is 10.7. The maximum atomic E-state index is 12.1. The van der Waals surface area contributed by atoms with Crippen molar-refractivity contribution in [1.82, 2.24) is 10.3 Å². The van der Waals surface area contributed by atoms with Crippen LogP contribution in [0.2, 0.25) is 5.02 Å². The van der Waals surface area contributed by atoms with E-state index in [0.717, 1.165) is 27.8 Å². The van der Waals surface area contributed by atoms with Gasteiger partial charge in [0.25, 0.3) is 0 Å². The lowest BCUT2D eigenvalue weighted by Crippen LogP contribution is -2.30. The lowest BCUT2D eigenvalue weighted by atomic mass is 10.1. The number of aromatic nitrogens is 1. The molecule has 3 N–H and O–H groups in total. The summed E-state index contributed by atoms with van der Waals surface area (Å²) < 4.78 is 5.89. The summed E-state index contributed by atoms with van der Waals surface area (Å²) >= 11 is 5.93. The average Bonchev–Trinajstić information content (AvgIpc) is 3.15. The summed E-state index contributed by atoms with van der Waals surface area (Å²) in [6.07, 6.45) is 2.69. The van der Waals surface area contributed by atoms with E-state index >= 15 is 0 Å². The van der Waals surface area contributed by atoms with Crippen LogP contribution < -0.4 is 15.4 Å². The van der Waals surface area contributed by atoms with Crippen LogP contribution in [0.3, 0.4) is 0 Å². The van der Waals surface area contributed by atoms with Crippen LogP contribution in [0.25, 0.3) is 10.9 Å². The number of H-pyrrole nitrogens is 1. The van der Waals surface area contributed by atoms with Gasteiger partial charge in [-0.3, -0.25) is 0 Å². The van der Waals surface area contributed by atoms with Crippen molar-refractivity contribution in [3.63, 3.8) is 0 Å². The Hall–Kier alpha value is -3.44. The maximum absolute atomic E-state index is 12.1. The Balaban J connectivity index is 1.30. The summed E-state index contributed by atoms with van der Waals surface area (Å²) in [6.45, 7) is 1.05. The van der Waals surface area contributed by atoms with E-state index in [1.807, 2.05) is 54.7 Å². The number of ether oxygens (including phenoxy) is 1. The lowest BCUT2D eigenvalue weighted by Gasteiger charge is -2.08. The fourth-order valence-corrected chi connectivity index (χ4v) is 3.45. The van der Waals surface area contributed by atoms with Gasteiger partial charge in [-0.1, -0.05) is 48.0 Å². The molecule has 4 rings (SSSR count). The molecule has 0 bridgehead atoms. The molecule has 6 heteroatoms. The zero-order valence-electron chi connectivity index (χ0n) is 16.3. The summed E-state index contributed by atoms with van der Waals surface area (Å²) in [5.74, 6) is 0.818. The number of fused-ring (bicyclic) bond motifs is 1. The number of hydrogen-bond acceptors (Lipinski definition) is 2. The Morgan fingerprint density at radius 1 is 1.00 bits per heavy atom. The van der Waals surface area contributed by atoms with Crippen molar-refractivity contribution in [2.45, 2.75) is 13.0 Å². The van der Waals surface area contributed by atoms with Gasteiger partial charge in [0, 0.05) is 40.4 Å². The summed E-state index contributed by atoms with van der Waals surface area (Å²) in [6, 6.07) is 22.9. The highest BCUT2D eigenvalue weighted by molar-refractivity contribution is 6.30. The minimum absolute atomic E-state index is 0.256. The standard InChI is InChI=1S/C24H22ClN3O2/c25-19-7-4-8-20(13-19)28-24(29)26-12-11-18-15-27-23-14-21(9-10-22(18)23)30-16-17-5-2-1-3-6-17/h1-10,13-15,27H,11-12,16H2,(H2,26,28,29). The van der Waals surface area contributed by atoms with Crippen LogP contribution in [0.1, 0.15) is 11.1 Å². The smallest absolute Gasteiger partial charge is 0.319 e. The van der Waals surface area contributed by atoms with Crippen LogP contribution in [-0.2, 0) is 13.0 Å². The number of benzene rings is 3. The monoisotopic (exact) mass is 419 g/mol. The minimum atomic E-state index is -0.256. The van der Waals surface area contributed by atoms with Crippen molar-refractivity contribution in [2.75, 3.05) is 11.9 Å². The van der Waals surface area contributed by atoms with E-state index < -0.39 is 0 Å². The van der Waals surface area contributed by atoms with Crippen LogP contribution in [0.15, 0.2) is 79.0 Å². The molecule has 0 aliphatic rings. The number of urea groups is 1. The van der Waals surface area contributed by atoms with Gasteiger partial charge in [-0.15, -0.1) is 0 Å². The van der Waals surface area contributed by atoms with Gasteiger partial charge in [-0.25, -0.2) is 4.79 Å². The zero-order valence-corrected chi connectivity index (χ0v) is 17.1. The topological polar surface area (TPSA) is 66.2 Å². The molecule has 0 spiro atoms. The molecule has 4 aromatic rings. The molecule has 0 fully saturated rings. The van der Waals surface area contributed by atoms with Gasteiger partial charge < -0.3 is 20.4 Å². The van der Waals surface area contributed by atoms with Gasteiger partial charge in [0.2, 0.25) is 0 Å². The molecule has 1 heterocycles. The SMILES string of the molecule is O=C(NCCc1c[nH]c2cc(OCc3ccccc3)ccc12)Nc1cccc(Cl)c1. The number of carbonyl (C=O) groups excluding carboxylic acids is 1. The van der Waals surface area contributed by atoms with E-state index in [0.29, 0.717) is 30.3 Å². The number of rotatable bonds is 7. The molecular formula is C24H22ClN3O2. The number of anilines is 1. The molecule has 1 aromatic heterocycles. The summed E-state index contributed by atoms with van der Waals surface area (Å²) in [7, 11) is 0. The van der Waals surface area contributed by atoms with E-state index in [1.54, 1.807) is 24.3 Å². The van der Waals surface area contributed by atoms with Gasteiger partial charge in [-0.05, 0) is 47.9 Å². The summed E-state index contributed by atoms with van der Waals surface area (Å²) in [5.41, 5.74) is 3.95. The van der Waals surface area contributed by atoms with Crippen molar-refractivity contribution >= 4 is 34.2 Å². The predicted octanol–water partition coefficient (Wildman–Crippen LogP) is 5.76. The van der Waals surface area contributed by atoms with E-state index in [2.05, 4.69) is 15.6 Å². The van der Waals surface area contributed by atoms with Gasteiger partial charge in [0.15, 0.2) is 0 Å². The first-order valence-electron chi connectivity index (χ1n) is 9.74. The molecule has 0 radical (unpaired) electrons. The quantitative estimate of drug-likeness (QED) is 0.356. The van der Waals surface area contributed by atoms with Crippen molar-refractivity contribution in [3.05, 3.63) is 95.1 Å². The van der Waals surface area contributed by atoms with Crippen molar-refractivity contribution in [1.29, 1.82) is 0 Å².